The lowest BCUT2D eigenvalue weighted by Gasteiger charge is -2.12. The molecule has 26 heavy (non-hydrogen) atoms. The van der Waals surface area contributed by atoms with E-state index in [1.807, 2.05) is 0 Å². The van der Waals surface area contributed by atoms with Gasteiger partial charge in [0.25, 0.3) is 0 Å². The Labute approximate surface area is 150 Å². The van der Waals surface area contributed by atoms with E-state index in [4.69, 9.17) is 0 Å². The fourth-order valence-electron chi connectivity index (χ4n) is 2.46. The SMILES string of the molecule is Cc1nn(CCC(=O)Nc2ccc(F)c(F)c2)c(C)c1S(=O)(=O)N(C)C. The molecule has 0 aliphatic rings. The third kappa shape index (κ3) is 4.07. The van der Waals surface area contributed by atoms with Crippen molar-refractivity contribution in [1.29, 1.82) is 0 Å². The van der Waals surface area contributed by atoms with Crippen molar-refractivity contribution in [1.82, 2.24) is 14.1 Å². The number of amides is 1. The molecule has 0 spiro atoms. The summed E-state index contributed by atoms with van der Waals surface area (Å²) < 4.78 is 53.3. The number of anilines is 1. The first-order chi connectivity index (χ1) is 12.0. The average Bonchev–Trinajstić information content (AvgIpc) is 2.83. The summed E-state index contributed by atoms with van der Waals surface area (Å²) in [4.78, 5) is 12.1. The zero-order valence-corrected chi connectivity index (χ0v) is 15.7. The lowest BCUT2D eigenvalue weighted by atomic mass is 10.3. The molecule has 0 aliphatic carbocycles. The van der Waals surface area contributed by atoms with Gasteiger partial charge in [0.05, 0.1) is 17.9 Å². The molecule has 2 aromatic rings. The van der Waals surface area contributed by atoms with E-state index in [-0.39, 0.29) is 23.5 Å². The van der Waals surface area contributed by atoms with E-state index in [9.17, 15) is 22.0 Å². The molecule has 0 saturated heterocycles. The number of benzene rings is 1. The van der Waals surface area contributed by atoms with Gasteiger partial charge in [0, 0.05) is 32.3 Å². The van der Waals surface area contributed by atoms with Gasteiger partial charge in [0.1, 0.15) is 4.90 Å². The number of carbonyl (C=O) groups excluding carboxylic acids is 1. The van der Waals surface area contributed by atoms with Crippen LogP contribution in [-0.4, -0.2) is 42.5 Å². The van der Waals surface area contributed by atoms with Gasteiger partial charge in [-0.3, -0.25) is 9.48 Å². The molecule has 1 aromatic heterocycles. The van der Waals surface area contributed by atoms with E-state index in [1.54, 1.807) is 13.8 Å². The van der Waals surface area contributed by atoms with Crippen LogP contribution in [0, 0.1) is 25.5 Å². The number of hydrogen-bond donors (Lipinski definition) is 1. The molecule has 10 heteroatoms. The van der Waals surface area contributed by atoms with Crippen molar-refractivity contribution in [2.75, 3.05) is 19.4 Å². The molecular formula is C16H20F2N4O3S. The maximum Gasteiger partial charge on any atom is 0.246 e. The fraction of sp³-hybridized carbons (Fsp3) is 0.375. The van der Waals surface area contributed by atoms with Crippen LogP contribution in [0.5, 0.6) is 0 Å². The van der Waals surface area contributed by atoms with E-state index < -0.39 is 27.6 Å². The molecule has 0 aliphatic heterocycles. The van der Waals surface area contributed by atoms with Gasteiger partial charge in [0.15, 0.2) is 11.6 Å². The number of aryl methyl sites for hydroxylation is 2. The molecule has 0 radical (unpaired) electrons. The smallest absolute Gasteiger partial charge is 0.246 e. The van der Waals surface area contributed by atoms with Crippen LogP contribution in [-0.2, 0) is 21.4 Å². The van der Waals surface area contributed by atoms with Crippen molar-refractivity contribution in [3.63, 3.8) is 0 Å². The van der Waals surface area contributed by atoms with Gasteiger partial charge in [-0.15, -0.1) is 0 Å². The van der Waals surface area contributed by atoms with Crippen LogP contribution in [0.4, 0.5) is 14.5 Å². The molecule has 1 N–H and O–H groups in total. The maximum atomic E-state index is 13.2. The summed E-state index contributed by atoms with van der Waals surface area (Å²) in [5, 5.41) is 6.64. The highest BCUT2D eigenvalue weighted by Crippen LogP contribution is 2.22. The zero-order chi connectivity index (χ0) is 19.6. The number of aromatic nitrogens is 2. The Bertz CT molecular complexity index is 939. The van der Waals surface area contributed by atoms with Crippen molar-refractivity contribution in [3.05, 3.63) is 41.2 Å². The molecule has 0 unspecified atom stereocenters. The van der Waals surface area contributed by atoms with Crippen LogP contribution < -0.4 is 5.32 Å². The largest absolute Gasteiger partial charge is 0.326 e. The lowest BCUT2D eigenvalue weighted by molar-refractivity contribution is -0.116. The Balaban J connectivity index is 2.10. The maximum absolute atomic E-state index is 13.2. The lowest BCUT2D eigenvalue weighted by Crippen LogP contribution is -2.23. The molecule has 0 saturated carbocycles. The van der Waals surface area contributed by atoms with Crippen LogP contribution >= 0.6 is 0 Å². The minimum Gasteiger partial charge on any atom is -0.326 e. The Morgan fingerprint density at radius 2 is 1.88 bits per heavy atom. The van der Waals surface area contributed by atoms with Crippen molar-refractivity contribution < 1.29 is 22.0 Å². The molecule has 142 valence electrons. The summed E-state index contributed by atoms with van der Waals surface area (Å²) in [5.74, 6) is -2.49. The normalized spacial score (nSPS) is 11.8. The minimum atomic E-state index is -3.64. The zero-order valence-electron chi connectivity index (χ0n) is 14.9. The number of hydrogen-bond acceptors (Lipinski definition) is 4. The Morgan fingerprint density at radius 3 is 2.46 bits per heavy atom. The minimum absolute atomic E-state index is 0.0115. The van der Waals surface area contributed by atoms with Gasteiger partial charge in [-0.05, 0) is 26.0 Å². The number of nitrogens with zero attached hydrogens (tertiary/aromatic N) is 3. The molecule has 2 rings (SSSR count). The number of nitrogens with one attached hydrogen (secondary N) is 1. The quantitative estimate of drug-likeness (QED) is 0.824. The summed E-state index contributed by atoms with van der Waals surface area (Å²) >= 11 is 0. The number of halogens is 2. The Kier molecular flexibility index (Phi) is 5.77. The van der Waals surface area contributed by atoms with E-state index >= 15 is 0 Å². The predicted octanol–water partition coefficient (Wildman–Crippen LogP) is 2.06. The van der Waals surface area contributed by atoms with Crippen molar-refractivity contribution >= 4 is 21.6 Å². The van der Waals surface area contributed by atoms with Gasteiger partial charge >= 0.3 is 0 Å². The highest BCUT2D eigenvalue weighted by Gasteiger charge is 2.26. The third-order valence-electron chi connectivity index (χ3n) is 3.81. The standard InChI is InChI=1S/C16H20F2N4O3S/c1-10-16(26(24,25)21(3)4)11(2)22(20-10)8-7-15(23)19-12-5-6-13(17)14(18)9-12/h5-6,9H,7-8H2,1-4H3,(H,19,23). The molecule has 0 fully saturated rings. The van der Waals surface area contributed by atoms with Crippen LogP contribution in [0.3, 0.4) is 0 Å². The summed E-state index contributed by atoms with van der Waals surface area (Å²) in [6.45, 7) is 3.34. The average molecular weight is 386 g/mol. The van der Waals surface area contributed by atoms with E-state index in [1.165, 1.54) is 24.8 Å². The summed E-state index contributed by atoms with van der Waals surface area (Å²) in [6, 6.07) is 3.06. The molecule has 0 atom stereocenters. The number of sulfonamides is 1. The number of carbonyl (C=O) groups is 1. The number of rotatable bonds is 6. The molecule has 1 aromatic carbocycles. The Hall–Kier alpha value is -2.33. The van der Waals surface area contributed by atoms with Gasteiger partial charge in [-0.1, -0.05) is 0 Å². The highest BCUT2D eigenvalue weighted by atomic mass is 32.2. The second kappa shape index (κ2) is 7.50. The third-order valence-corrected chi connectivity index (χ3v) is 5.88. The first kappa shape index (κ1) is 20.0. The molecule has 0 bridgehead atoms. The van der Waals surface area contributed by atoms with Gasteiger partial charge in [0.2, 0.25) is 15.9 Å². The van der Waals surface area contributed by atoms with Gasteiger partial charge in [-0.2, -0.15) is 5.10 Å². The molecule has 1 heterocycles. The van der Waals surface area contributed by atoms with Crippen LogP contribution in [0.2, 0.25) is 0 Å². The fourth-order valence-corrected chi connectivity index (χ4v) is 3.72. The van der Waals surface area contributed by atoms with Crippen molar-refractivity contribution in [2.45, 2.75) is 31.7 Å². The van der Waals surface area contributed by atoms with Crippen molar-refractivity contribution in [2.24, 2.45) is 0 Å². The summed E-state index contributed by atoms with van der Waals surface area (Å²) in [5.41, 5.74) is 0.909. The first-order valence-electron chi connectivity index (χ1n) is 7.75. The van der Waals surface area contributed by atoms with E-state index in [0.717, 1.165) is 16.4 Å². The van der Waals surface area contributed by atoms with Gasteiger partial charge < -0.3 is 5.32 Å². The second-order valence-electron chi connectivity index (χ2n) is 5.94. The highest BCUT2D eigenvalue weighted by molar-refractivity contribution is 7.89. The van der Waals surface area contributed by atoms with Gasteiger partial charge in [-0.25, -0.2) is 21.5 Å². The second-order valence-corrected chi connectivity index (χ2v) is 8.03. The molecule has 1 amide bonds. The summed E-state index contributed by atoms with van der Waals surface area (Å²) in [7, 11) is -0.778. The Morgan fingerprint density at radius 1 is 1.23 bits per heavy atom. The van der Waals surface area contributed by atoms with Crippen LogP contribution in [0.15, 0.2) is 23.1 Å². The topological polar surface area (TPSA) is 84.3 Å². The molecule has 7 nitrogen and oxygen atoms in total. The van der Waals surface area contributed by atoms with E-state index in [0.29, 0.717) is 11.4 Å². The van der Waals surface area contributed by atoms with Crippen molar-refractivity contribution in [3.8, 4) is 0 Å². The van der Waals surface area contributed by atoms with Crippen LogP contribution in [0.1, 0.15) is 17.8 Å². The molecular weight excluding hydrogens is 366 g/mol. The predicted molar refractivity (Wildman–Crippen MR) is 92.2 cm³/mol. The monoisotopic (exact) mass is 386 g/mol. The van der Waals surface area contributed by atoms with Crippen LogP contribution in [0.25, 0.3) is 0 Å². The first-order valence-corrected chi connectivity index (χ1v) is 9.19. The van der Waals surface area contributed by atoms with E-state index in [2.05, 4.69) is 10.4 Å². The summed E-state index contributed by atoms with van der Waals surface area (Å²) in [6.07, 6.45) is -0.0115.